The Hall–Kier alpha value is -0.870. The second-order valence-corrected chi connectivity index (χ2v) is 11.4. The van der Waals surface area contributed by atoms with Crippen molar-refractivity contribution in [1.82, 2.24) is 4.90 Å². The highest BCUT2D eigenvalue weighted by atomic mass is 35.5. The lowest BCUT2D eigenvalue weighted by Gasteiger charge is -2.28. The lowest BCUT2D eigenvalue weighted by atomic mass is 10.2. The molecule has 0 N–H and O–H groups in total. The lowest BCUT2D eigenvalue weighted by Crippen LogP contribution is -2.36. The van der Waals surface area contributed by atoms with Gasteiger partial charge in [-0.1, -0.05) is 48.1 Å². The molecule has 0 saturated carbocycles. The number of nitrogens with zero attached hydrogens (tertiary/aromatic N) is 2. The van der Waals surface area contributed by atoms with Crippen molar-refractivity contribution in [2.45, 2.75) is 50.5 Å². The Balaban J connectivity index is 0.00000281. The van der Waals surface area contributed by atoms with Crippen LogP contribution in [0.4, 0.5) is 5.69 Å². The van der Waals surface area contributed by atoms with Gasteiger partial charge in [-0.15, -0.1) is 12.8 Å². The molecule has 2 atom stereocenters. The number of halogens is 3. The monoisotopic (exact) mass is 560 g/mol. The molecule has 0 aromatic heterocycles. The molecule has 0 aliphatic rings. The summed E-state index contributed by atoms with van der Waals surface area (Å²) in [6.07, 6.45) is 14.4. The van der Waals surface area contributed by atoms with Crippen LogP contribution in [0.25, 0.3) is 0 Å². The molecule has 3 nitrogen and oxygen atoms in total. The average Bonchev–Trinajstić information content (AvgIpc) is 2.84. The zero-order chi connectivity index (χ0) is 25.5. The van der Waals surface area contributed by atoms with Gasteiger partial charge in [0, 0.05) is 28.4 Å². The zero-order valence-corrected chi connectivity index (χ0v) is 24.1. The molecule has 2 unspecified atom stereocenters. The Labute approximate surface area is 228 Å². The molecule has 0 bridgehead atoms. The van der Waals surface area contributed by atoms with E-state index in [2.05, 4.69) is 37.8 Å². The van der Waals surface area contributed by atoms with E-state index < -0.39 is 11.0 Å². The first-order chi connectivity index (χ1) is 16.4. The molecule has 0 fully saturated rings. The summed E-state index contributed by atoms with van der Waals surface area (Å²) < 4.78 is 15.3. The molecule has 2 aromatic carbocycles. The fourth-order valence-corrected chi connectivity index (χ4v) is 6.08. The molecule has 0 amide bonds. The molecule has 34 heavy (non-hydrogen) atoms. The van der Waals surface area contributed by atoms with Gasteiger partial charge in [-0.25, -0.2) is 4.21 Å². The van der Waals surface area contributed by atoms with Gasteiger partial charge in [-0.3, -0.25) is 9.21 Å². The van der Waals surface area contributed by atoms with Crippen molar-refractivity contribution >= 4 is 63.2 Å². The van der Waals surface area contributed by atoms with Crippen molar-refractivity contribution in [1.29, 1.82) is 0 Å². The zero-order valence-electron chi connectivity index (χ0n) is 20.2. The van der Waals surface area contributed by atoms with Gasteiger partial charge in [0.15, 0.2) is 11.0 Å². The summed E-state index contributed by atoms with van der Waals surface area (Å²) >= 11 is 20.6. The Kier molecular flexibility index (Phi) is 16.1. The summed E-state index contributed by atoms with van der Waals surface area (Å²) in [5.74, 6) is 1.15. The molecule has 0 saturated heterocycles. The first kappa shape index (κ1) is 31.2. The van der Waals surface area contributed by atoms with Crippen LogP contribution in [0, 0.1) is 12.8 Å². The van der Waals surface area contributed by atoms with Gasteiger partial charge in [0.1, 0.15) is 0 Å². The maximum atomic E-state index is 13.4. The minimum atomic E-state index is -1.41. The minimum Gasteiger partial charge on any atom is -0.300 e. The van der Waals surface area contributed by atoms with E-state index in [-0.39, 0.29) is 0 Å². The third-order valence-corrected chi connectivity index (χ3v) is 8.32. The Morgan fingerprint density at radius 3 is 2.18 bits per heavy atom. The number of thioether (sulfide) groups is 1. The highest BCUT2D eigenvalue weighted by Crippen LogP contribution is 2.32. The molecule has 0 aliphatic heterocycles. The number of hydrogen-bond donors (Lipinski definition) is 0. The third kappa shape index (κ3) is 10.4. The van der Waals surface area contributed by atoms with Crippen molar-refractivity contribution in [3.63, 3.8) is 0 Å². The lowest BCUT2D eigenvalue weighted by molar-refractivity contribution is 0.220. The smallest absolute Gasteiger partial charge is 0.152 e. The van der Waals surface area contributed by atoms with Crippen molar-refractivity contribution in [2.24, 2.45) is 0 Å². The summed E-state index contributed by atoms with van der Waals surface area (Å²) in [4.78, 5) is 3.26. The van der Waals surface area contributed by atoms with E-state index in [1.54, 1.807) is 42.5 Å². The van der Waals surface area contributed by atoms with Crippen molar-refractivity contribution in [3.05, 3.63) is 57.5 Å². The number of benzene rings is 2. The molecular formula is C26H35Cl3N2OS2. The molecule has 188 valence electrons. The van der Waals surface area contributed by atoms with E-state index in [9.17, 15) is 4.21 Å². The van der Waals surface area contributed by atoms with Gasteiger partial charge in [-0.2, -0.15) is 11.8 Å². The summed E-state index contributed by atoms with van der Waals surface area (Å²) in [6.45, 7) is 7.39. The molecule has 0 aliphatic carbocycles. The van der Waals surface area contributed by atoms with Gasteiger partial charge < -0.3 is 0 Å². The first-order valence-electron chi connectivity index (χ1n) is 11.3. The van der Waals surface area contributed by atoms with E-state index in [1.807, 2.05) is 16.1 Å². The fourth-order valence-electron chi connectivity index (χ4n) is 3.58. The maximum absolute atomic E-state index is 13.4. The summed E-state index contributed by atoms with van der Waals surface area (Å²) in [6, 6.07) is 13.0. The molecule has 0 radical (unpaired) electrons. The van der Waals surface area contributed by atoms with E-state index in [0.29, 0.717) is 38.2 Å². The molecule has 2 rings (SSSR count). The minimum absolute atomic E-state index is 0.539. The highest BCUT2D eigenvalue weighted by Gasteiger charge is 2.19. The van der Waals surface area contributed by atoms with Gasteiger partial charge in [-0.05, 0) is 88.0 Å². The number of anilines is 1. The van der Waals surface area contributed by atoms with Crippen LogP contribution in [0.5, 0.6) is 0 Å². The van der Waals surface area contributed by atoms with Gasteiger partial charge >= 0.3 is 0 Å². The van der Waals surface area contributed by atoms with Gasteiger partial charge in [0.2, 0.25) is 0 Å². The molecule has 0 spiro atoms. The Bertz CT molecular complexity index is 893. The van der Waals surface area contributed by atoms with E-state index >= 15 is 0 Å². The van der Waals surface area contributed by atoms with Crippen LogP contribution in [0.3, 0.4) is 0 Å². The summed E-state index contributed by atoms with van der Waals surface area (Å²) in [7, 11) is -1.41. The van der Waals surface area contributed by atoms with Crippen molar-refractivity contribution in [3.8, 4) is 12.8 Å². The average molecular weight is 562 g/mol. The Morgan fingerprint density at radius 2 is 1.56 bits per heavy atom. The van der Waals surface area contributed by atoms with Crippen LogP contribution < -0.4 is 4.31 Å². The van der Waals surface area contributed by atoms with Gasteiger partial charge in [0.25, 0.3) is 0 Å². The van der Waals surface area contributed by atoms with Crippen LogP contribution in [0.15, 0.2) is 47.4 Å². The second-order valence-electron chi connectivity index (χ2n) is 7.80. The van der Waals surface area contributed by atoms with Crippen LogP contribution in [-0.4, -0.2) is 46.8 Å². The van der Waals surface area contributed by atoms with Crippen LogP contribution in [0.1, 0.15) is 39.5 Å². The third-order valence-electron chi connectivity index (χ3n) is 5.24. The quantitative estimate of drug-likeness (QED) is 0.172. The molecule has 0 heterocycles. The van der Waals surface area contributed by atoms with Crippen molar-refractivity contribution < 1.29 is 4.21 Å². The Morgan fingerprint density at radius 1 is 0.941 bits per heavy atom. The van der Waals surface area contributed by atoms with Crippen LogP contribution in [0.2, 0.25) is 15.1 Å². The number of terminal acetylenes is 1. The van der Waals surface area contributed by atoms with E-state index in [4.69, 9.17) is 34.8 Å². The largest absolute Gasteiger partial charge is 0.300 e. The fraction of sp³-hybridized carbons (Fsp3) is 0.462. The standard InChI is InChI=1S/C24H33Cl3N2OS2.C2H2/c1-4-14-28(19(2)18-31-3)15-6-5-7-16-29(24-17-21(26)10-13-23(24)27)32(30)22-11-8-20(25)9-12-22;1-2/h8-13,17,19H,4-7,14-16,18H2,1-3H3;1-2H. The summed E-state index contributed by atoms with van der Waals surface area (Å²) in [5.41, 5.74) is 0.689. The van der Waals surface area contributed by atoms with Crippen molar-refractivity contribution in [2.75, 3.05) is 35.9 Å². The molecular weight excluding hydrogens is 527 g/mol. The normalized spacial score (nSPS) is 12.6. The number of rotatable bonds is 14. The SMILES string of the molecule is C#C.CCCN(CCCCCN(c1cc(Cl)ccc1Cl)S(=O)c1ccc(Cl)cc1)C(C)CSC. The van der Waals surface area contributed by atoms with Crippen LogP contribution in [-0.2, 0) is 11.0 Å². The highest BCUT2D eigenvalue weighted by molar-refractivity contribution is 7.98. The first-order valence-corrected chi connectivity index (χ1v) is 15.0. The predicted octanol–water partition coefficient (Wildman–Crippen LogP) is 8.06. The van der Waals surface area contributed by atoms with E-state index in [0.717, 1.165) is 38.1 Å². The number of unbranched alkanes of at least 4 members (excludes halogenated alkanes) is 2. The topological polar surface area (TPSA) is 23.6 Å². The molecule has 8 heteroatoms. The summed E-state index contributed by atoms with van der Waals surface area (Å²) in [5, 5.41) is 1.72. The second kappa shape index (κ2) is 17.5. The molecule has 2 aromatic rings. The maximum Gasteiger partial charge on any atom is 0.152 e. The van der Waals surface area contributed by atoms with Crippen LogP contribution >= 0.6 is 46.6 Å². The van der Waals surface area contributed by atoms with E-state index in [1.165, 1.54) is 6.42 Å². The van der Waals surface area contributed by atoms with Gasteiger partial charge in [0.05, 0.1) is 15.6 Å². The predicted molar refractivity (Wildman–Crippen MR) is 155 cm³/mol. The number of hydrogen-bond acceptors (Lipinski definition) is 3.